The molecule has 1 fully saturated rings. The highest BCUT2D eigenvalue weighted by molar-refractivity contribution is 5.86. The van der Waals surface area contributed by atoms with Crippen molar-refractivity contribution in [2.45, 2.75) is 25.8 Å². The lowest BCUT2D eigenvalue weighted by molar-refractivity contribution is -0.152. The molecule has 1 amide bonds. The number of carboxylic acid groups (broad SMARTS) is 1. The molecule has 1 aromatic carbocycles. The van der Waals surface area contributed by atoms with E-state index in [0.717, 1.165) is 16.9 Å². The number of carboxylic acids is 1. The number of hydrogen-bond acceptors (Lipinski definition) is 3. The molecule has 3 unspecified atom stereocenters. The number of para-hydroxylation sites is 2. The van der Waals surface area contributed by atoms with E-state index in [1.807, 2.05) is 42.8 Å². The molecule has 0 radical (unpaired) electrons. The van der Waals surface area contributed by atoms with Gasteiger partial charge in [0.05, 0.1) is 28.9 Å². The van der Waals surface area contributed by atoms with E-state index in [9.17, 15) is 9.59 Å². The number of aryl methyl sites for hydroxylation is 1. The minimum Gasteiger partial charge on any atom is -0.481 e. The topological polar surface area (TPSA) is 84.2 Å². The first-order valence-corrected chi connectivity index (χ1v) is 7.43. The molecule has 2 N–H and O–H groups in total. The van der Waals surface area contributed by atoms with Crippen molar-refractivity contribution in [1.82, 2.24) is 14.9 Å². The molecule has 1 aliphatic carbocycles. The van der Waals surface area contributed by atoms with Crippen molar-refractivity contribution in [3.8, 4) is 0 Å². The fourth-order valence-electron chi connectivity index (χ4n) is 3.05. The lowest BCUT2D eigenvalue weighted by atomic mass is 9.73. The first-order chi connectivity index (χ1) is 10.5. The lowest BCUT2D eigenvalue weighted by Gasteiger charge is -2.32. The van der Waals surface area contributed by atoms with Crippen LogP contribution < -0.4 is 5.32 Å². The summed E-state index contributed by atoms with van der Waals surface area (Å²) in [7, 11) is 1.91. The summed E-state index contributed by atoms with van der Waals surface area (Å²) < 4.78 is 1.95. The molecule has 6 heteroatoms. The van der Waals surface area contributed by atoms with Gasteiger partial charge in [-0.15, -0.1) is 0 Å². The maximum atomic E-state index is 12.2. The molecular formula is C16H19N3O3. The van der Waals surface area contributed by atoms with Crippen LogP contribution in [0.5, 0.6) is 0 Å². The summed E-state index contributed by atoms with van der Waals surface area (Å²) >= 11 is 0. The van der Waals surface area contributed by atoms with Gasteiger partial charge in [0.15, 0.2) is 0 Å². The number of carbonyl (C=O) groups is 2. The molecule has 1 aromatic heterocycles. The van der Waals surface area contributed by atoms with Gasteiger partial charge in [-0.25, -0.2) is 4.98 Å². The zero-order valence-corrected chi connectivity index (χ0v) is 12.6. The minimum atomic E-state index is -0.887. The van der Waals surface area contributed by atoms with Crippen molar-refractivity contribution in [2.24, 2.45) is 18.9 Å². The van der Waals surface area contributed by atoms with Crippen LogP contribution in [0.1, 0.15) is 31.6 Å². The molecule has 3 rings (SSSR count). The molecule has 1 aliphatic rings. The quantitative estimate of drug-likeness (QED) is 0.903. The summed E-state index contributed by atoms with van der Waals surface area (Å²) in [5.41, 5.74) is 1.89. The van der Waals surface area contributed by atoms with E-state index in [0.29, 0.717) is 12.8 Å². The van der Waals surface area contributed by atoms with Crippen LogP contribution in [0.4, 0.5) is 0 Å². The van der Waals surface area contributed by atoms with Gasteiger partial charge in [0.1, 0.15) is 5.82 Å². The first kappa shape index (κ1) is 14.6. The molecule has 1 saturated carbocycles. The highest BCUT2D eigenvalue weighted by Gasteiger charge is 2.41. The second kappa shape index (κ2) is 5.44. The average Bonchev–Trinajstić information content (AvgIpc) is 2.74. The van der Waals surface area contributed by atoms with Crippen molar-refractivity contribution in [2.75, 3.05) is 0 Å². The Morgan fingerprint density at radius 2 is 2.00 bits per heavy atom. The molecule has 0 bridgehead atoms. The highest BCUT2D eigenvalue weighted by Crippen LogP contribution is 2.35. The van der Waals surface area contributed by atoms with E-state index in [2.05, 4.69) is 10.3 Å². The van der Waals surface area contributed by atoms with Crippen LogP contribution in [0.3, 0.4) is 0 Å². The van der Waals surface area contributed by atoms with Gasteiger partial charge in [-0.1, -0.05) is 12.1 Å². The Morgan fingerprint density at radius 1 is 1.32 bits per heavy atom. The third-order valence-electron chi connectivity index (χ3n) is 4.50. The number of amides is 1. The second-order valence-corrected chi connectivity index (χ2v) is 5.88. The van der Waals surface area contributed by atoms with Crippen molar-refractivity contribution in [3.05, 3.63) is 30.1 Å². The van der Waals surface area contributed by atoms with Crippen LogP contribution in [0.2, 0.25) is 0 Å². The van der Waals surface area contributed by atoms with Crippen LogP contribution in [0.25, 0.3) is 11.0 Å². The number of hydrogen-bond donors (Lipinski definition) is 2. The number of nitrogens with one attached hydrogen (secondary N) is 1. The van der Waals surface area contributed by atoms with E-state index >= 15 is 0 Å². The summed E-state index contributed by atoms with van der Waals surface area (Å²) in [5.74, 6) is -1.29. The fraction of sp³-hybridized carbons (Fsp3) is 0.438. The van der Waals surface area contributed by atoms with Crippen LogP contribution in [0.15, 0.2) is 24.3 Å². The average molecular weight is 301 g/mol. The molecule has 1 heterocycles. The predicted octanol–water partition coefficient (Wildman–Crippen LogP) is 1.86. The van der Waals surface area contributed by atoms with Crippen LogP contribution in [0, 0.1) is 11.8 Å². The first-order valence-electron chi connectivity index (χ1n) is 7.43. The van der Waals surface area contributed by atoms with Gasteiger partial charge < -0.3 is 15.0 Å². The summed E-state index contributed by atoms with van der Waals surface area (Å²) in [5, 5.41) is 11.9. The van der Waals surface area contributed by atoms with E-state index in [1.165, 1.54) is 0 Å². The van der Waals surface area contributed by atoms with Gasteiger partial charge in [-0.3, -0.25) is 9.59 Å². The summed E-state index contributed by atoms with van der Waals surface area (Å²) in [4.78, 5) is 27.8. The van der Waals surface area contributed by atoms with Crippen molar-refractivity contribution >= 4 is 22.9 Å². The number of fused-ring (bicyclic) bond motifs is 1. The monoisotopic (exact) mass is 301 g/mol. The SMILES string of the molecule is CC(NC(=O)C1CCC1C(=O)O)c1nc2ccccc2n1C. The Morgan fingerprint density at radius 3 is 2.59 bits per heavy atom. The smallest absolute Gasteiger partial charge is 0.307 e. The lowest BCUT2D eigenvalue weighted by Crippen LogP contribution is -2.44. The van der Waals surface area contributed by atoms with Gasteiger partial charge in [0, 0.05) is 7.05 Å². The Balaban J connectivity index is 1.76. The molecule has 3 atom stereocenters. The molecule has 22 heavy (non-hydrogen) atoms. The van der Waals surface area contributed by atoms with Crippen molar-refractivity contribution in [1.29, 1.82) is 0 Å². The van der Waals surface area contributed by atoms with Gasteiger partial charge >= 0.3 is 5.97 Å². The second-order valence-electron chi connectivity index (χ2n) is 5.88. The summed E-state index contributed by atoms with van der Waals surface area (Å²) in [6, 6.07) is 7.52. The molecule has 116 valence electrons. The number of benzene rings is 1. The third-order valence-corrected chi connectivity index (χ3v) is 4.50. The van der Waals surface area contributed by atoms with Gasteiger partial charge in [0.2, 0.25) is 5.91 Å². The predicted molar refractivity (Wildman–Crippen MR) is 81.1 cm³/mol. The van der Waals surface area contributed by atoms with Crippen LogP contribution in [-0.2, 0) is 16.6 Å². The maximum absolute atomic E-state index is 12.2. The van der Waals surface area contributed by atoms with Gasteiger partial charge in [0.25, 0.3) is 0 Å². The molecular weight excluding hydrogens is 282 g/mol. The van der Waals surface area contributed by atoms with Gasteiger partial charge in [-0.05, 0) is 31.9 Å². The Hall–Kier alpha value is -2.37. The van der Waals surface area contributed by atoms with E-state index in [1.54, 1.807) is 0 Å². The van der Waals surface area contributed by atoms with E-state index < -0.39 is 17.8 Å². The van der Waals surface area contributed by atoms with E-state index in [-0.39, 0.29) is 11.9 Å². The number of aromatic nitrogens is 2. The van der Waals surface area contributed by atoms with Gasteiger partial charge in [-0.2, -0.15) is 0 Å². The normalized spacial score (nSPS) is 22.1. The molecule has 0 saturated heterocycles. The minimum absolute atomic E-state index is 0.196. The summed E-state index contributed by atoms with van der Waals surface area (Å²) in [6.45, 7) is 1.87. The van der Waals surface area contributed by atoms with Crippen molar-refractivity contribution in [3.63, 3.8) is 0 Å². The number of carbonyl (C=O) groups excluding carboxylic acids is 1. The Labute approximate surface area is 128 Å². The molecule has 0 spiro atoms. The van der Waals surface area contributed by atoms with Crippen LogP contribution >= 0.6 is 0 Å². The van der Waals surface area contributed by atoms with E-state index in [4.69, 9.17) is 5.11 Å². The van der Waals surface area contributed by atoms with Crippen LogP contribution in [-0.4, -0.2) is 26.5 Å². The summed E-state index contributed by atoms with van der Waals surface area (Å²) in [6.07, 6.45) is 1.21. The standard InChI is InChI=1S/C16H19N3O3/c1-9(17-15(20)10-7-8-11(10)16(21)22)14-18-12-5-3-4-6-13(12)19(14)2/h3-6,9-11H,7-8H2,1-2H3,(H,17,20)(H,21,22). The Bertz CT molecular complexity index is 737. The number of rotatable bonds is 4. The highest BCUT2D eigenvalue weighted by atomic mass is 16.4. The largest absolute Gasteiger partial charge is 0.481 e. The fourth-order valence-corrected chi connectivity index (χ4v) is 3.05. The zero-order valence-electron chi connectivity index (χ0n) is 12.6. The molecule has 2 aromatic rings. The Kier molecular flexibility index (Phi) is 3.60. The maximum Gasteiger partial charge on any atom is 0.307 e. The number of aliphatic carboxylic acids is 1. The van der Waals surface area contributed by atoms with Crippen molar-refractivity contribution < 1.29 is 14.7 Å². The molecule has 0 aliphatic heterocycles. The molecule has 6 nitrogen and oxygen atoms in total. The zero-order chi connectivity index (χ0) is 15.9. The number of nitrogens with zero attached hydrogens (tertiary/aromatic N) is 2. The third kappa shape index (κ3) is 2.34. The number of imidazole rings is 1.